The van der Waals surface area contributed by atoms with Gasteiger partial charge in [-0.1, -0.05) is 60.1 Å². The Hall–Kier alpha value is -3.51. The summed E-state index contributed by atoms with van der Waals surface area (Å²) in [6.45, 7) is 1.32. The van der Waals surface area contributed by atoms with Crippen LogP contribution >= 0.6 is 11.6 Å². The normalized spacial score (nSPS) is 11.3. The molecule has 2 N–H and O–H groups in total. The Morgan fingerprint density at radius 1 is 0.900 bits per heavy atom. The minimum atomic E-state index is -0.814. The maximum atomic E-state index is 12.1. The number of hydrazine groups is 1. The van der Waals surface area contributed by atoms with E-state index in [0.717, 1.165) is 11.1 Å². The summed E-state index contributed by atoms with van der Waals surface area (Å²) in [4.78, 5) is 24.2. The van der Waals surface area contributed by atoms with Crippen LogP contribution in [0.3, 0.4) is 0 Å². The molecule has 0 fully saturated rings. The van der Waals surface area contributed by atoms with Gasteiger partial charge in [-0.15, -0.1) is 0 Å². The van der Waals surface area contributed by atoms with Gasteiger partial charge in [0, 0.05) is 10.6 Å². The molecule has 0 saturated heterocycles. The van der Waals surface area contributed by atoms with E-state index in [1.54, 1.807) is 37.3 Å². The Morgan fingerprint density at radius 2 is 1.57 bits per heavy atom. The van der Waals surface area contributed by atoms with Crippen molar-refractivity contribution >= 4 is 23.4 Å². The van der Waals surface area contributed by atoms with Crippen LogP contribution in [0.5, 0.6) is 11.5 Å². The van der Waals surface area contributed by atoms with E-state index in [2.05, 4.69) is 10.9 Å². The molecule has 0 aliphatic heterocycles. The molecule has 0 spiro atoms. The van der Waals surface area contributed by atoms with Crippen molar-refractivity contribution in [2.45, 2.75) is 13.0 Å². The van der Waals surface area contributed by atoms with E-state index >= 15 is 0 Å². The molecule has 30 heavy (non-hydrogen) atoms. The first kappa shape index (κ1) is 21.2. The molecule has 3 aromatic rings. The lowest BCUT2D eigenvalue weighted by Gasteiger charge is -2.16. The number of rotatable bonds is 7. The zero-order chi connectivity index (χ0) is 21.3. The van der Waals surface area contributed by atoms with Crippen LogP contribution in [0, 0.1) is 0 Å². The maximum Gasteiger partial charge on any atom is 0.279 e. The molecule has 7 heteroatoms. The van der Waals surface area contributed by atoms with Gasteiger partial charge < -0.3 is 9.47 Å². The summed E-state index contributed by atoms with van der Waals surface area (Å²) in [6.07, 6.45) is -0.814. The fourth-order valence-electron chi connectivity index (χ4n) is 2.63. The number of nitrogens with one attached hydrogen (secondary N) is 2. The highest BCUT2D eigenvalue weighted by atomic mass is 35.5. The lowest BCUT2D eigenvalue weighted by atomic mass is 10.1. The van der Waals surface area contributed by atoms with Gasteiger partial charge in [-0.3, -0.25) is 20.4 Å². The first-order valence-corrected chi connectivity index (χ1v) is 9.69. The summed E-state index contributed by atoms with van der Waals surface area (Å²) in [6, 6.07) is 23.8. The van der Waals surface area contributed by atoms with Crippen molar-refractivity contribution in [3.8, 4) is 22.6 Å². The van der Waals surface area contributed by atoms with E-state index in [1.165, 1.54) is 0 Å². The van der Waals surface area contributed by atoms with E-state index < -0.39 is 17.9 Å². The molecule has 0 aliphatic carbocycles. The molecule has 1 unspecified atom stereocenters. The number of hydrogen-bond acceptors (Lipinski definition) is 4. The van der Waals surface area contributed by atoms with Gasteiger partial charge in [0.2, 0.25) is 0 Å². The maximum absolute atomic E-state index is 12.1. The topological polar surface area (TPSA) is 76.7 Å². The Kier molecular flexibility index (Phi) is 7.29. The molecule has 6 nitrogen and oxygen atoms in total. The molecule has 0 saturated carbocycles. The van der Waals surface area contributed by atoms with Crippen molar-refractivity contribution in [3.05, 3.63) is 83.9 Å². The first-order valence-electron chi connectivity index (χ1n) is 9.31. The summed E-state index contributed by atoms with van der Waals surface area (Å²) in [5.41, 5.74) is 6.51. The van der Waals surface area contributed by atoms with Crippen LogP contribution in [-0.4, -0.2) is 24.5 Å². The Morgan fingerprint density at radius 3 is 2.30 bits per heavy atom. The van der Waals surface area contributed by atoms with Crippen molar-refractivity contribution in [1.82, 2.24) is 10.9 Å². The number of benzene rings is 3. The second kappa shape index (κ2) is 10.3. The van der Waals surface area contributed by atoms with Crippen molar-refractivity contribution in [2.24, 2.45) is 0 Å². The van der Waals surface area contributed by atoms with Crippen LogP contribution in [0.1, 0.15) is 6.92 Å². The molecular weight excluding hydrogens is 404 g/mol. The Balaban J connectivity index is 1.48. The molecule has 3 rings (SSSR count). The summed E-state index contributed by atoms with van der Waals surface area (Å²) in [5, 5.41) is 0.570. The highest BCUT2D eigenvalue weighted by Gasteiger charge is 2.16. The van der Waals surface area contributed by atoms with Crippen LogP contribution in [0.4, 0.5) is 0 Å². The second-order valence-corrected chi connectivity index (χ2v) is 6.84. The van der Waals surface area contributed by atoms with E-state index in [1.807, 2.05) is 48.5 Å². The SMILES string of the molecule is CC(Oc1ccc(Cl)cc1)C(=O)NNC(=O)COc1ccccc1-c1ccccc1. The van der Waals surface area contributed by atoms with Crippen molar-refractivity contribution in [2.75, 3.05) is 6.61 Å². The number of ether oxygens (including phenoxy) is 2. The molecule has 0 heterocycles. The van der Waals surface area contributed by atoms with Gasteiger partial charge in [-0.25, -0.2) is 0 Å². The summed E-state index contributed by atoms with van der Waals surface area (Å²) >= 11 is 5.82. The molecule has 1 atom stereocenters. The quantitative estimate of drug-likeness (QED) is 0.562. The number of halogens is 1. The van der Waals surface area contributed by atoms with Gasteiger partial charge in [-0.2, -0.15) is 0 Å². The molecule has 2 amide bonds. The number of carbonyl (C=O) groups excluding carboxylic acids is 2. The van der Waals surface area contributed by atoms with Gasteiger partial charge in [0.05, 0.1) is 0 Å². The third-order valence-corrected chi connectivity index (χ3v) is 4.40. The summed E-state index contributed by atoms with van der Waals surface area (Å²) in [5.74, 6) is 0.0757. The molecule has 154 valence electrons. The molecule has 0 radical (unpaired) electrons. The number of para-hydroxylation sites is 1. The molecule has 0 aromatic heterocycles. The molecule has 0 bridgehead atoms. The fraction of sp³-hybridized carbons (Fsp3) is 0.130. The van der Waals surface area contributed by atoms with Gasteiger partial charge in [-0.05, 0) is 42.8 Å². The Labute approximate surface area is 179 Å². The molecule has 0 aliphatic rings. The lowest BCUT2D eigenvalue weighted by molar-refractivity contribution is -0.133. The summed E-state index contributed by atoms with van der Waals surface area (Å²) < 4.78 is 11.2. The number of carbonyl (C=O) groups is 2. The van der Waals surface area contributed by atoms with Gasteiger partial charge in [0.1, 0.15) is 11.5 Å². The van der Waals surface area contributed by atoms with Crippen LogP contribution in [-0.2, 0) is 9.59 Å². The highest BCUT2D eigenvalue weighted by Crippen LogP contribution is 2.29. The van der Waals surface area contributed by atoms with Crippen molar-refractivity contribution in [1.29, 1.82) is 0 Å². The molecule has 3 aromatic carbocycles. The van der Waals surface area contributed by atoms with Gasteiger partial charge in [0.15, 0.2) is 12.7 Å². The van der Waals surface area contributed by atoms with Crippen LogP contribution in [0.15, 0.2) is 78.9 Å². The number of hydrogen-bond donors (Lipinski definition) is 2. The largest absolute Gasteiger partial charge is 0.483 e. The van der Waals surface area contributed by atoms with E-state index in [0.29, 0.717) is 16.5 Å². The summed E-state index contributed by atoms with van der Waals surface area (Å²) in [7, 11) is 0. The predicted octanol–water partition coefficient (Wildman–Crippen LogP) is 4.00. The fourth-order valence-corrected chi connectivity index (χ4v) is 2.76. The highest BCUT2D eigenvalue weighted by molar-refractivity contribution is 6.30. The standard InChI is InChI=1S/C23H21ClN2O4/c1-16(30-19-13-11-18(24)12-14-19)23(28)26-25-22(27)15-29-21-10-6-5-9-20(21)17-7-3-2-4-8-17/h2-14,16H,15H2,1H3,(H,25,27)(H,26,28). The van der Waals surface area contributed by atoms with E-state index in [4.69, 9.17) is 21.1 Å². The lowest BCUT2D eigenvalue weighted by Crippen LogP contribution is -2.48. The van der Waals surface area contributed by atoms with E-state index in [9.17, 15) is 9.59 Å². The monoisotopic (exact) mass is 424 g/mol. The van der Waals surface area contributed by atoms with Gasteiger partial charge >= 0.3 is 0 Å². The third kappa shape index (κ3) is 5.99. The predicted molar refractivity (Wildman–Crippen MR) is 115 cm³/mol. The van der Waals surface area contributed by atoms with E-state index in [-0.39, 0.29) is 6.61 Å². The average Bonchev–Trinajstić information content (AvgIpc) is 2.78. The van der Waals surface area contributed by atoms with Crippen LogP contribution in [0.25, 0.3) is 11.1 Å². The second-order valence-electron chi connectivity index (χ2n) is 6.40. The minimum Gasteiger partial charge on any atom is -0.483 e. The zero-order valence-corrected chi connectivity index (χ0v) is 17.1. The minimum absolute atomic E-state index is 0.253. The molecular formula is C23H21ClN2O4. The first-order chi connectivity index (χ1) is 14.5. The Bertz CT molecular complexity index is 994. The van der Waals surface area contributed by atoms with Crippen molar-refractivity contribution < 1.29 is 19.1 Å². The average molecular weight is 425 g/mol. The number of amides is 2. The van der Waals surface area contributed by atoms with Crippen LogP contribution < -0.4 is 20.3 Å². The van der Waals surface area contributed by atoms with Gasteiger partial charge in [0.25, 0.3) is 11.8 Å². The third-order valence-electron chi connectivity index (χ3n) is 4.15. The van der Waals surface area contributed by atoms with Crippen molar-refractivity contribution in [3.63, 3.8) is 0 Å². The van der Waals surface area contributed by atoms with Crippen LogP contribution in [0.2, 0.25) is 5.02 Å². The smallest absolute Gasteiger partial charge is 0.279 e. The zero-order valence-electron chi connectivity index (χ0n) is 16.3.